The molecular weight excluding hydrogens is 416 g/mol. The summed E-state index contributed by atoms with van der Waals surface area (Å²) in [5.41, 5.74) is -0.868. The van der Waals surface area contributed by atoms with Crippen molar-refractivity contribution in [2.75, 3.05) is 39.5 Å². The number of β-amino-alcohol motifs (C(OH)–C–C–N with tert-alkyl or cyclic N) is 2. The lowest BCUT2D eigenvalue weighted by atomic mass is 9.76. The van der Waals surface area contributed by atoms with Gasteiger partial charge < -0.3 is 19.7 Å². The van der Waals surface area contributed by atoms with Crippen LogP contribution in [-0.4, -0.2) is 65.8 Å². The lowest BCUT2D eigenvalue weighted by molar-refractivity contribution is -0.0770. The molecule has 2 N–H and O–H groups in total. The van der Waals surface area contributed by atoms with E-state index in [1.807, 2.05) is 23.1 Å². The third-order valence-corrected chi connectivity index (χ3v) is 6.54. The summed E-state index contributed by atoms with van der Waals surface area (Å²) in [7, 11) is 0. The highest BCUT2D eigenvalue weighted by molar-refractivity contribution is 5.25. The molecule has 0 radical (unpaired) electrons. The Morgan fingerprint density at radius 1 is 1.03 bits per heavy atom. The Bertz CT molecular complexity index is 889. The number of hydrogen-bond donors (Lipinski definition) is 2. The Hall–Kier alpha value is -2.06. The minimum absolute atomic E-state index is 0.0425. The number of nitrogens with zero attached hydrogens (tertiary/aromatic N) is 1. The van der Waals surface area contributed by atoms with E-state index in [2.05, 4.69) is 12.1 Å². The molecule has 1 saturated carbocycles. The van der Waals surface area contributed by atoms with Gasteiger partial charge in [-0.3, -0.25) is 4.90 Å². The van der Waals surface area contributed by atoms with Crippen molar-refractivity contribution in [3.8, 4) is 5.75 Å². The molecule has 0 aromatic heterocycles. The molecular formula is C25H31F2NO4. The van der Waals surface area contributed by atoms with Crippen LogP contribution in [0.2, 0.25) is 0 Å². The summed E-state index contributed by atoms with van der Waals surface area (Å²) >= 11 is 0. The van der Waals surface area contributed by atoms with E-state index in [1.54, 1.807) is 0 Å². The number of benzene rings is 2. The molecule has 0 bridgehead atoms. The van der Waals surface area contributed by atoms with Gasteiger partial charge in [0.15, 0.2) is 11.6 Å². The van der Waals surface area contributed by atoms with Crippen molar-refractivity contribution >= 4 is 0 Å². The first-order valence-electron chi connectivity index (χ1n) is 11.2. The van der Waals surface area contributed by atoms with Gasteiger partial charge in [0.05, 0.1) is 18.8 Å². The Balaban J connectivity index is 1.34. The molecule has 1 saturated heterocycles. The maximum absolute atomic E-state index is 13.9. The van der Waals surface area contributed by atoms with Gasteiger partial charge >= 0.3 is 0 Å². The molecule has 174 valence electrons. The molecule has 2 fully saturated rings. The van der Waals surface area contributed by atoms with E-state index in [1.165, 1.54) is 11.6 Å². The molecule has 2 aliphatic rings. The van der Waals surface area contributed by atoms with E-state index in [-0.39, 0.29) is 25.5 Å². The first kappa shape index (κ1) is 23.1. The molecule has 1 heterocycles. The average molecular weight is 448 g/mol. The van der Waals surface area contributed by atoms with Crippen LogP contribution in [0.3, 0.4) is 0 Å². The van der Waals surface area contributed by atoms with Gasteiger partial charge in [-0.15, -0.1) is 0 Å². The SMILES string of the molecule is OC1(CN2CCOC[C@](O)(COc3ccc(F)cc3F)C2)CCC(c2ccccc2)CC1. The van der Waals surface area contributed by atoms with Crippen molar-refractivity contribution in [2.24, 2.45) is 0 Å². The summed E-state index contributed by atoms with van der Waals surface area (Å²) in [4.78, 5) is 2.00. The van der Waals surface area contributed by atoms with Gasteiger partial charge in [-0.2, -0.15) is 0 Å². The molecule has 0 spiro atoms. The molecule has 5 nitrogen and oxygen atoms in total. The number of aliphatic hydroxyl groups is 2. The minimum Gasteiger partial charge on any atom is -0.487 e. The van der Waals surface area contributed by atoms with Crippen molar-refractivity contribution in [2.45, 2.75) is 42.8 Å². The lowest BCUT2D eigenvalue weighted by Gasteiger charge is -2.40. The molecule has 1 atom stereocenters. The van der Waals surface area contributed by atoms with Gasteiger partial charge in [-0.25, -0.2) is 8.78 Å². The quantitative estimate of drug-likeness (QED) is 0.710. The van der Waals surface area contributed by atoms with Crippen LogP contribution in [-0.2, 0) is 4.74 Å². The first-order chi connectivity index (χ1) is 15.3. The summed E-state index contributed by atoms with van der Waals surface area (Å²) in [5, 5.41) is 22.3. The second-order valence-electron chi connectivity index (χ2n) is 9.26. The van der Waals surface area contributed by atoms with E-state index >= 15 is 0 Å². The summed E-state index contributed by atoms with van der Waals surface area (Å²) in [6.07, 6.45) is 3.23. The van der Waals surface area contributed by atoms with E-state index in [4.69, 9.17) is 9.47 Å². The van der Waals surface area contributed by atoms with Crippen molar-refractivity contribution in [1.29, 1.82) is 0 Å². The number of rotatable bonds is 6. The van der Waals surface area contributed by atoms with Crippen LogP contribution in [0.15, 0.2) is 48.5 Å². The van der Waals surface area contributed by atoms with Crippen LogP contribution in [0.5, 0.6) is 5.75 Å². The largest absolute Gasteiger partial charge is 0.487 e. The normalized spacial score (nSPS) is 29.4. The Morgan fingerprint density at radius 3 is 2.50 bits per heavy atom. The molecule has 32 heavy (non-hydrogen) atoms. The Kier molecular flexibility index (Phi) is 7.10. The van der Waals surface area contributed by atoms with Gasteiger partial charge in [0.2, 0.25) is 0 Å². The summed E-state index contributed by atoms with van der Waals surface area (Å²) < 4.78 is 38.0. The lowest BCUT2D eigenvalue weighted by Crippen LogP contribution is -2.53. The van der Waals surface area contributed by atoms with E-state index in [0.717, 1.165) is 25.0 Å². The predicted molar refractivity (Wildman–Crippen MR) is 117 cm³/mol. The maximum atomic E-state index is 13.9. The third-order valence-electron chi connectivity index (χ3n) is 6.54. The maximum Gasteiger partial charge on any atom is 0.167 e. The van der Waals surface area contributed by atoms with Crippen molar-refractivity contribution < 1.29 is 28.5 Å². The smallest absolute Gasteiger partial charge is 0.167 e. The third kappa shape index (κ3) is 5.84. The van der Waals surface area contributed by atoms with E-state index in [9.17, 15) is 19.0 Å². The molecule has 4 rings (SSSR count). The molecule has 0 amide bonds. The number of ether oxygens (including phenoxy) is 2. The highest BCUT2D eigenvalue weighted by Crippen LogP contribution is 2.38. The highest BCUT2D eigenvalue weighted by atomic mass is 19.1. The summed E-state index contributed by atoms with van der Waals surface area (Å²) in [5.74, 6) is -1.16. The fourth-order valence-electron chi connectivity index (χ4n) is 4.81. The fraction of sp³-hybridized carbons (Fsp3) is 0.520. The van der Waals surface area contributed by atoms with Crippen molar-refractivity contribution in [1.82, 2.24) is 4.90 Å². The van der Waals surface area contributed by atoms with E-state index in [0.29, 0.717) is 38.5 Å². The zero-order valence-corrected chi connectivity index (χ0v) is 18.2. The molecule has 7 heteroatoms. The van der Waals surface area contributed by atoms with Crippen LogP contribution in [0.25, 0.3) is 0 Å². The molecule has 0 unspecified atom stereocenters. The van der Waals surface area contributed by atoms with E-state index < -0.39 is 22.8 Å². The average Bonchev–Trinajstić information content (AvgIpc) is 2.95. The van der Waals surface area contributed by atoms with Crippen molar-refractivity contribution in [3.05, 3.63) is 65.7 Å². The molecule has 2 aromatic rings. The second-order valence-corrected chi connectivity index (χ2v) is 9.26. The number of hydrogen-bond acceptors (Lipinski definition) is 5. The van der Waals surface area contributed by atoms with Gasteiger partial charge in [-0.1, -0.05) is 30.3 Å². The van der Waals surface area contributed by atoms with Crippen LogP contribution in [0, 0.1) is 11.6 Å². The fourth-order valence-corrected chi connectivity index (χ4v) is 4.81. The molecule has 1 aliphatic heterocycles. The second kappa shape index (κ2) is 9.83. The van der Waals surface area contributed by atoms with Crippen molar-refractivity contribution in [3.63, 3.8) is 0 Å². The van der Waals surface area contributed by atoms with Crippen LogP contribution >= 0.6 is 0 Å². The van der Waals surface area contributed by atoms with Gasteiger partial charge in [-0.05, 0) is 49.3 Å². The first-order valence-corrected chi connectivity index (χ1v) is 11.2. The summed E-state index contributed by atoms with van der Waals surface area (Å²) in [6.45, 7) is 1.53. The van der Waals surface area contributed by atoms with Crippen LogP contribution < -0.4 is 4.74 Å². The standard InChI is InChI=1S/C25H31F2NO4/c26-21-6-7-23(22(27)14-21)32-18-25(30)16-28(12-13-31-17-25)15-24(29)10-8-20(9-11-24)19-4-2-1-3-5-19/h1-7,14,20,29-30H,8-13,15-18H2/t20?,24?,25-/m0/s1. The summed E-state index contributed by atoms with van der Waals surface area (Å²) in [6, 6.07) is 13.5. The monoisotopic (exact) mass is 447 g/mol. The molecule has 2 aromatic carbocycles. The Labute approximate surface area is 187 Å². The Morgan fingerprint density at radius 2 is 1.78 bits per heavy atom. The predicted octanol–water partition coefficient (Wildman–Crippen LogP) is 3.50. The molecule has 1 aliphatic carbocycles. The zero-order valence-electron chi connectivity index (χ0n) is 18.2. The zero-order chi connectivity index (χ0) is 22.6. The van der Waals surface area contributed by atoms with Crippen LogP contribution in [0.4, 0.5) is 8.78 Å². The van der Waals surface area contributed by atoms with Gasteiger partial charge in [0.25, 0.3) is 0 Å². The highest BCUT2D eigenvalue weighted by Gasteiger charge is 2.39. The van der Waals surface area contributed by atoms with Gasteiger partial charge in [0, 0.05) is 25.7 Å². The number of halogens is 2. The van der Waals surface area contributed by atoms with Gasteiger partial charge in [0.1, 0.15) is 18.0 Å². The minimum atomic E-state index is -1.37. The van der Waals surface area contributed by atoms with Crippen LogP contribution in [0.1, 0.15) is 37.2 Å². The topological polar surface area (TPSA) is 62.2 Å².